The molecule has 0 aliphatic heterocycles. The van der Waals surface area contributed by atoms with E-state index in [1.165, 1.54) is 24.8 Å². The molecule has 1 heterocycles. The van der Waals surface area contributed by atoms with Crippen LogP contribution >= 0.6 is 0 Å². The fourth-order valence-corrected chi connectivity index (χ4v) is 2.68. The molecule has 28 heavy (non-hydrogen) atoms. The lowest BCUT2D eigenvalue weighted by molar-refractivity contribution is 0.0527. The summed E-state index contributed by atoms with van der Waals surface area (Å²) < 4.78 is 37.6. The largest absolute Gasteiger partial charge is 0.451 e. The third kappa shape index (κ3) is 7.64. The molecule has 0 aliphatic carbocycles. The number of aromatic nitrogens is 1. The standard InChI is InChI=1S/C20H27F2N3O3/c1-20(2,3)28-19(26)23-9-5-4-6-18(24-11-15-12-27-13-25-15)16-8-7-14(21)10-17(16)22/h7-8,10,12-13,18,24H,4-6,9,11H2,1-3H3,(H,23,26)/t18-/m1/s1. The number of unbranched alkanes of at least 4 members (excludes halogenated alkanes) is 1. The lowest BCUT2D eigenvalue weighted by Gasteiger charge is -2.20. The topological polar surface area (TPSA) is 76.4 Å². The number of nitrogens with zero attached hydrogens (tertiary/aromatic N) is 1. The maximum absolute atomic E-state index is 14.2. The lowest BCUT2D eigenvalue weighted by atomic mass is 10.00. The van der Waals surface area contributed by atoms with Crippen molar-refractivity contribution in [3.8, 4) is 0 Å². The van der Waals surface area contributed by atoms with Crippen molar-refractivity contribution >= 4 is 6.09 Å². The number of nitrogens with one attached hydrogen (secondary N) is 2. The number of amides is 1. The molecule has 8 heteroatoms. The zero-order chi connectivity index (χ0) is 20.6. The number of rotatable bonds is 9. The molecule has 1 amide bonds. The van der Waals surface area contributed by atoms with Gasteiger partial charge in [0.25, 0.3) is 0 Å². The fourth-order valence-electron chi connectivity index (χ4n) is 2.68. The smallest absolute Gasteiger partial charge is 0.407 e. The highest BCUT2D eigenvalue weighted by atomic mass is 19.1. The molecular formula is C20H27F2N3O3. The molecule has 0 saturated heterocycles. The lowest BCUT2D eigenvalue weighted by Crippen LogP contribution is -2.33. The zero-order valence-electron chi connectivity index (χ0n) is 16.4. The maximum Gasteiger partial charge on any atom is 0.407 e. The minimum Gasteiger partial charge on any atom is -0.451 e. The first-order chi connectivity index (χ1) is 13.2. The Bertz CT molecular complexity index is 746. The summed E-state index contributed by atoms with van der Waals surface area (Å²) in [5.74, 6) is -1.21. The highest BCUT2D eigenvalue weighted by Gasteiger charge is 2.17. The van der Waals surface area contributed by atoms with Crippen molar-refractivity contribution in [3.63, 3.8) is 0 Å². The number of alkyl carbamates (subject to hydrolysis) is 1. The molecular weight excluding hydrogens is 368 g/mol. The van der Waals surface area contributed by atoms with E-state index in [2.05, 4.69) is 15.6 Å². The van der Waals surface area contributed by atoms with Gasteiger partial charge in [-0.1, -0.05) is 6.07 Å². The van der Waals surface area contributed by atoms with Crippen LogP contribution in [-0.2, 0) is 11.3 Å². The first-order valence-electron chi connectivity index (χ1n) is 9.27. The number of carbonyl (C=O) groups is 1. The molecule has 1 aromatic heterocycles. The van der Waals surface area contributed by atoms with Crippen LogP contribution in [0.15, 0.2) is 35.3 Å². The first kappa shape index (κ1) is 21.8. The van der Waals surface area contributed by atoms with E-state index in [1.807, 2.05) is 0 Å². The van der Waals surface area contributed by atoms with Crippen LogP contribution in [0.4, 0.5) is 13.6 Å². The van der Waals surface area contributed by atoms with Crippen molar-refractivity contribution in [2.75, 3.05) is 6.54 Å². The summed E-state index contributed by atoms with van der Waals surface area (Å²) in [5.41, 5.74) is 0.546. The van der Waals surface area contributed by atoms with E-state index in [-0.39, 0.29) is 6.04 Å². The second-order valence-electron chi connectivity index (χ2n) is 7.50. The van der Waals surface area contributed by atoms with Gasteiger partial charge in [0.1, 0.15) is 23.5 Å². The number of ether oxygens (including phenoxy) is 1. The Morgan fingerprint density at radius 2 is 2.07 bits per heavy atom. The molecule has 6 nitrogen and oxygen atoms in total. The minimum absolute atomic E-state index is 0.321. The van der Waals surface area contributed by atoms with E-state index >= 15 is 0 Å². The molecule has 2 N–H and O–H groups in total. The number of oxazole rings is 1. The van der Waals surface area contributed by atoms with E-state index in [0.29, 0.717) is 37.2 Å². The SMILES string of the molecule is CC(C)(C)OC(=O)NCCCC[C@@H](NCc1cocn1)c1ccc(F)cc1F. The molecule has 1 aromatic carbocycles. The Morgan fingerprint density at radius 1 is 1.29 bits per heavy atom. The highest BCUT2D eigenvalue weighted by molar-refractivity contribution is 5.67. The van der Waals surface area contributed by atoms with Gasteiger partial charge in [-0.2, -0.15) is 0 Å². The molecule has 0 saturated carbocycles. The molecule has 0 fully saturated rings. The van der Waals surface area contributed by atoms with E-state index in [9.17, 15) is 13.6 Å². The normalized spacial score (nSPS) is 12.6. The second kappa shape index (κ2) is 10.2. The number of halogens is 2. The highest BCUT2D eigenvalue weighted by Crippen LogP contribution is 2.23. The monoisotopic (exact) mass is 395 g/mol. The Hall–Kier alpha value is -2.48. The van der Waals surface area contributed by atoms with Crippen LogP contribution in [-0.4, -0.2) is 23.2 Å². The van der Waals surface area contributed by atoms with Crippen molar-refractivity contribution in [2.45, 2.75) is 58.2 Å². The first-order valence-corrected chi connectivity index (χ1v) is 9.27. The van der Waals surface area contributed by atoms with Gasteiger partial charge in [-0.25, -0.2) is 18.6 Å². The van der Waals surface area contributed by atoms with Crippen LogP contribution in [0.3, 0.4) is 0 Å². The van der Waals surface area contributed by atoms with Crippen LogP contribution in [0.1, 0.15) is 57.3 Å². The Kier molecular flexibility index (Phi) is 7.92. The average molecular weight is 395 g/mol. The van der Waals surface area contributed by atoms with Gasteiger partial charge in [-0.15, -0.1) is 0 Å². The Labute approximate surface area is 163 Å². The van der Waals surface area contributed by atoms with Crippen molar-refractivity contribution in [3.05, 3.63) is 53.7 Å². The summed E-state index contributed by atoms with van der Waals surface area (Å²) in [6.45, 7) is 6.25. The van der Waals surface area contributed by atoms with Crippen LogP contribution in [0, 0.1) is 11.6 Å². The van der Waals surface area contributed by atoms with Gasteiger partial charge in [0.2, 0.25) is 0 Å². The van der Waals surface area contributed by atoms with E-state index in [4.69, 9.17) is 9.15 Å². The van der Waals surface area contributed by atoms with Crippen LogP contribution in [0.2, 0.25) is 0 Å². The van der Waals surface area contributed by atoms with Gasteiger partial charge in [-0.05, 0) is 46.1 Å². The number of carbonyl (C=O) groups excluding carboxylic acids is 1. The molecule has 2 aromatic rings. The predicted octanol–water partition coefficient (Wildman–Crippen LogP) is 4.48. The Balaban J connectivity index is 1.86. The molecule has 154 valence electrons. The molecule has 0 aliphatic rings. The summed E-state index contributed by atoms with van der Waals surface area (Å²) in [7, 11) is 0. The summed E-state index contributed by atoms with van der Waals surface area (Å²) in [6.07, 6.45) is 4.41. The predicted molar refractivity (Wildman–Crippen MR) is 101 cm³/mol. The molecule has 0 bridgehead atoms. The molecule has 0 spiro atoms. The van der Waals surface area contributed by atoms with Crippen LogP contribution in [0.25, 0.3) is 0 Å². The summed E-state index contributed by atoms with van der Waals surface area (Å²) in [5, 5.41) is 5.93. The van der Waals surface area contributed by atoms with Gasteiger partial charge >= 0.3 is 6.09 Å². The summed E-state index contributed by atoms with van der Waals surface area (Å²) >= 11 is 0. The van der Waals surface area contributed by atoms with Gasteiger partial charge in [0, 0.05) is 30.8 Å². The third-order valence-electron chi connectivity index (χ3n) is 3.94. The van der Waals surface area contributed by atoms with Crippen molar-refractivity contribution in [1.82, 2.24) is 15.6 Å². The summed E-state index contributed by atoms with van der Waals surface area (Å²) in [4.78, 5) is 15.7. The van der Waals surface area contributed by atoms with Gasteiger partial charge in [0.15, 0.2) is 6.39 Å². The number of hydrogen-bond acceptors (Lipinski definition) is 5. The van der Waals surface area contributed by atoms with E-state index in [1.54, 1.807) is 20.8 Å². The van der Waals surface area contributed by atoms with Crippen LogP contribution < -0.4 is 10.6 Å². The van der Waals surface area contributed by atoms with Crippen molar-refractivity contribution in [1.29, 1.82) is 0 Å². The number of benzene rings is 1. The van der Waals surface area contributed by atoms with Gasteiger partial charge < -0.3 is 19.8 Å². The quantitative estimate of drug-likeness (QED) is 0.612. The van der Waals surface area contributed by atoms with E-state index in [0.717, 1.165) is 12.5 Å². The molecule has 0 unspecified atom stereocenters. The molecule has 1 atom stereocenters. The van der Waals surface area contributed by atoms with Gasteiger partial charge in [0.05, 0.1) is 5.69 Å². The second-order valence-corrected chi connectivity index (χ2v) is 7.50. The van der Waals surface area contributed by atoms with Crippen LogP contribution in [0.5, 0.6) is 0 Å². The minimum atomic E-state index is -0.613. The maximum atomic E-state index is 14.2. The number of hydrogen-bond donors (Lipinski definition) is 2. The molecule has 2 rings (SSSR count). The van der Waals surface area contributed by atoms with Crippen molar-refractivity contribution in [2.24, 2.45) is 0 Å². The molecule has 0 radical (unpaired) electrons. The van der Waals surface area contributed by atoms with E-state index < -0.39 is 23.3 Å². The fraction of sp³-hybridized carbons (Fsp3) is 0.500. The third-order valence-corrected chi connectivity index (χ3v) is 3.94. The Morgan fingerprint density at radius 3 is 2.71 bits per heavy atom. The zero-order valence-corrected chi connectivity index (χ0v) is 16.4. The van der Waals surface area contributed by atoms with Crippen molar-refractivity contribution < 1.29 is 22.7 Å². The van der Waals surface area contributed by atoms with Gasteiger partial charge in [-0.3, -0.25) is 0 Å². The average Bonchev–Trinajstić information content (AvgIpc) is 3.10. The summed E-state index contributed by atoms with van der Waals surface area (Å²) in [6, 6.07) is 3.25.